The van der Waals surface area contributed by atoms with Crippen molar-refractivity contribution in [2.24, 2.45) is 9.98 Å². The Morgan fingerprint density at radius 3 is 2.57 bits per heavy atom. The number of guanidine groups is 1. The number of ether oxygens (including phenoxy) is 1. The van der Waals surface area contributed by atoms with E-state index in [2.05, 4.69) is 14.7 Å². The number of alkyl halides is 3. The number of fused-ring (bicyclic) bond motifs is 3. The van der Waals surface area contributed by atoms with Gasteiger partial charge in [0.15, 0.2) is 5.17 Å². The van der Waals surface area contributed by atoms with Gasteiger partial charge in [-0.1, -0.05) is 12.1 Å². The number of rotatable bonds is 1. The Morgan fingerprint density at radius 2 is 1.93 bits per heavy atom. The molecule has 10 heteroatoms. The van der Waals surface area contributed by atoms with E-state index >= 15 is 0 Å². The maximum Gasteiger partial charge on any atom is 0.446 e. The predicted octanol–water partition coefficient (Wildman–Crippen LogP) is 3.55. The molecule has 3 aliphatic rings. The Bertz CT molecular complexity index is 880. The summed E-state index contributed by atoms with van der Waals surface area (Å²) in [7, 11) is 0.916. The van der Waals surface area contributed by atoms with E-state index in [4.69, 9.17) is 0 Å². The molecule has 3 heterocycles. The number of carbonyl (C=O) groups excluding carboxylic acids is 1. The fourth-order valence-corrected chi connectivity index (χ4v) is 4.77. The summed E-state index contributed by atoms with van der Waals surface area (Å²) in [5.74, 6) is -1.43. The van der Waals surface area contributed by atoms with Crippen molar-refractivity contribution in [2.45, 2.75) is 42.9 Å². The minimum absolute atomic E-state index is 0.0857. The van der Waals surface area contributed by atoms with Crippen molar-refractivity contribution in [3.63, 3.8) is 0 Å². The van der Waals surface area contributed by atoms with Gasteiger partial charge in [0.05, 0.1) is 12.8 Å². The maximum atomic E-state index is 14.1. The SMILES string of the molecule is COC(=O)[C@@]1(C(F)(F)F)N=C2Sc3cccc(C)c3N2C(N2CCCCC2)=N1. The number of methoxy groups -OCH3 is 1. The van der Waals surface area contributed by atoms with E-state index in [1.165, 1.54) is 0 Å². The molecule has 0 N–H and O–H groups in total. The number of thioether (sulfide) groups is 1. The number of para-hydroxylation sites is 1. The molecule has 28 heavy (non-hydrogen) atoms. The zero-order valence-corrected chi connectivity index (χ0v) is 16.2. The predicted molar refractivity (Wildman–Crippen MR) is 101 cm³/mol. The molecule has 0 bridgehead atoms. The van der Waals surface area contributed by atoms with Gasteiger partial charge < -0.3 is 9.64 Å². The second-order valence-corrected chi connectivity index (χ2v) is 7.88. The van der Waals surface area contributed by atoms with Crippen LogP contribution in [0, 0.1) is 6.92 Å². The van der Waals surface area contributed by atoms with E-state index in [9.17, 15) is 18.0 Å². The highest BCUT2D eigenvalue weighted by molar-refractivity contribution is 8.15. The Morgan fingerprint density at radius 1 is 1.21 bits per heavy atom. The third kappa shape index (κ3) is 2.76. The standard InChI is InChI=1S/C18H19F3N4O2S/c1-11-7-6-8-12-13(11)25-15(24-9-4-3-5-10-24)22-17(14(26)27-2,18(19,20)21)23-16(25)28-12/h6-8H,3-5,9-10H2,1-2H3/t17-/m0/s1. The number of benzene rings is 1. The molecule has 1 atom stereocenters. The summed E-state index contributed by atoms with van der Waals surface area (Å²) in [5, 5.41) is 0.0857. The van der Waals surface area contributed by atoms with Crippen LogP contribution < -0.4 is 4.90 Å². The third-order valence-corrected chi connectivity index (χ3v) is 6.05. The number of hydrogen-bond acceptors (Lipinski definition) is 7. The van der Waals surface area contributed by atoms with Gasteiger partial charge in [-0.2, -0.15) is 13.2 Å². The summed E-state index contributed by atoms with van der Waals surface area (Å²) in [6, 6.07) is 5.56. The van der Waals surface area contributed by atoms with Gasteiger partial charge in [-0.15, -0.1) is 0 Å². The molecular formula is C18H19F3N4O2S. The second-order valence-electron chi connectivity index (χ2n) is 6.87. The molecule has 1 fully saturated rings. The van der Waals surface area contributed by atoms with Crippen LogP contribution in [0.2, 0.25) is 0 Å². The van der Waals surface area contributed by atoms with Crippen molar-refractivity contribution < 1.29 is 22.7 Å². The van der Waals surface area contributed by atoms with Crippen molar-refractivity contribution in [3.05, 3.63) is 23.8 Å². The average Bonchev–Trinajstić information content (AvgIpc) is 3.05. The van der Waals surface area contributed by atoms with Crippen molar-refractivity contribution in [2.75, 3.05) is 25.1 Å². The lowest BCUT2D eigenvalue weighted by molar-refractivity contribution is -0.201. The number of carbonyl (C=O) groups is 1. The molecule has 1 saturated heterocycles. The number of nitrogens with zero attached hydrogens (tertiary/aromatic N) is 4. The van der Waals surface area contributed by atoms with Gasteiger partial charge in [-0.3, -0.25) is 4.90 Å². The van der Waals surface area contributed by atoms with Crippen LogP contribution >= 0.6 is 11.8 Å². The average molecular weight is 412 g/mol. The van der Waals surface area contributed by atoms with Gasteiger partial charge in [0.2, 0.25) is 5.96 Å². The lowest BCUT2D eigenvalue weighted by Gasteiger charge is -2.40. The molecule has 0 spiro atoms. The molecule has 0 aliphatic carbocycles. The number of halogens is 3. The molecule has 150 valence electrons. The maximum absolute atomic E-state index is 14.1. The fraction of sp³-hybridized carbons (Fsp3) is 0.500. The molecular weight excluding hydrogens is 393 g/mol. The van der Waals surface area contributed by atoms with Crippen molar-refractivity contribution in [1.29, 1.82) is 0 Å². The summed E-state index contributed by atoms with van der Waals surface area (Å²) >= 11 is 1.11. The minimum Gasteiger partial charge on any atom is -0.465 e. The summed E-state index contributed by atoms with van der Waals surface area (Å²) in [6.45, 7) is 3.04. The van der Waals surface area contributed by atoms with Crippen molar-refractivity contribution in [3.8, 4) is 0 Å². The number of aryl methyl sites for hydroxylation is 1. The van der Waals surface area contributed by atoms with E-state index in [0.717, 1.165) is 54.3 Å². The number of amidine groups is 1. The first-order valence-electron chi connectivity index (χ1n) is 8.96. The van der Waals surface area contributed by atoms with Crippen LogP contribution in [0.4, 0.5) is 18.9 Å². The van der Waals surface area contributed by atoms with Gasteiger partial charge in [0.1, 0.15) is 0 Å². The largest absolute Gasteiger partial charge is 0.465 e. The minimum atomic E-state index is -5.02. The van der Waals surface area contributed by atoms with Crippen LogP contribution in [0.3, 0.4) is 0 Å². The molecule has 0 amide bonds. The van der Waals surface area contributed by atoms with Crippen molar-refractivity contribution >= 4 is 34.5 Å². The number of esters is 1. The molecule has 3 aliphatic heterocycles. The highest BCUT2D eigenvalue weighted by Crippen LogP contribution is 2.48. The number of anilines is 1. The van der Waals surface area contributed by atoms with Gasteiger partial charge in [-0.05, 0) is 49.6 Å². The fourth-order valence-electron chi connectivity index (χ4n) is 3.64. The lowest BCUT2D eigenvalue weighted by atomic mass is 10.1. The monoisotopic (exact) mass is 412 g/mol. The molecule has 0 unspecified atom stereocenters. The normalized spacial score (nSPS) is 24.3. The molecule has 0 aromatic heterocycles. The van der Waals surface area contributed by atoms with Gasteiger partial charge in [0, 0.05) is 18.0 Å². The summed E-state index contributed by atoms with van der Waals surface area (Å²) in [5.41, 5.74) is -1.63. The quantitative estimate of drug-likeness (QED) is 0.661. The Labute approximate surface area is 164 Å². The van der Waals surface area contributed by atoms with Crippen LogP contribution in [0.5, 0.6) is 0 Å². The smallest absolute Gasteiger partial charge is 0.446 e. The van der Waals surface area contributed by atoms with E-state index in [1.807, 2.05) is 30.0 Å². The topological polar surface area (TPSA) is 57.5 Å². The zero-order valence-electron chi connectivity index (χ0n) is 15.4. The number of likely N-dealkylation sites (tertiary alicyclic amines) is 1. The Balaban J connectivity index is 1.93. The number of aliphatic imine (C=N–C) groups is 2. The molecule has 0 radical (unpaired) electrons. The molecule has 1 aromatic carbocycles. The highest BCUT2D eigenvalue weighted by Gasteiger charge is 2.66. The summed E-state index contributed by atoms with van der Waals surface area (Å²) < 4.78 is 46.7. The van der Waals surface area contributed by atoms with Crippen molar-refractivity contribution in [1.82, 2.24) is 4.90 Å². The van der Waals surface area contributed by atoms with Crippen LogP contribution in [-0.2, 0) is 9.53 Å². The van der Waals surface area contributed by atoms with Gasteiger partial charge >= 0.3 is 17.8 Å². The first-order chi connectivity index (χ1) is 13.3. The first kappa shape index (κ1) is 19.1. The van der Waals surface area contributed by atoms with Crippen LogP contribution in [0.15, 0.2) is 33.1 Å². The molecule has 4 rings (SSSR count). The van der Waals surface area contributed by atoms with Crippen LogP contribution in [-0.4, -0.2) is 54.0 Å². The van der Waals surface area contributed by atoms with E-state index in [-0.39, 0.29) is 11.1 Å². The van der Waals surface area contributed by atoms with Gasteiger partial charge in [-0.25, -0.2) is 14.8 Å². The Kier molecular flexibility index (Phi) is 4.56. The highest BCUT2D eigenvalue weighted by atomic mass is 32.2. The molecule has 1 aromatic rings. The Hall–Kier alpha value is -2.23. The summed E-state index contributed by atoms with van der Waals surface area (Å²) in [4.78, 5) is 24.3. The lowest BCUT2D eigenvalue weighted by Crippen LogP contribution is -2.59. The van der Waals surface area contributed by atoms with E-state index in [1.54, 1.807) is 4.90 Å². The zero-order chi connectivity index (χ0) is 20.1. The summed E-state index contributed by atoms with van der Waals surface area (Å²) in [6.07, 6.45) is -2.31. The molecule has 0 saturated carbocycles. The number of piperidine rings is 1. The van der Waals surface area contributed by atoms with Crippen LogP contribution in [0.25, 0.3) is 0 Å². The second kappa shape index (κ2) is 6.68. The van der Waals surface area contributed by atoms with Crippen LogP contribution in [0.1, 0.15) is 24.8 Å². The van der Waals surface area contributed by atoms with Gasteiger partial charge in [0.25, 0.3) is 0 Å². The number of hydrogen-bond donors (Lipinski definition) is 0. The third-order valence-electron chi connectivity index (χ3n) is 5.04. The van der Waals surface area contributed by atoms with E-state index in [0.29, 0.717) is 13.1 Å². The first-order valence-corrected chi connectivity index (χ1v) is 9.77. The van der Waals surface area contributed by atoms with E-state index < -0.39 is 17.8 Å². The molecule has 6 nitrogen and oxygen atoms in total.